The van der Waals surface area contributed by atoms with Gasteiger partial charge < -0.3 is 5.32 Å². The second kappa shape index (κ2) is 7.29. The average molecular weight is 368 g/mol. The molecule has 2 heterocycles. The summed E-state index contributed by atoms with van der Waals surface area (Å²) < 4.78 is 2.46. The summed E-state index contributed by atoms with van der Waals surface area (Å²) in [6.07, 6.45) is 1.75. The van der Waals surface area contributed by atoms with Crippen LogP contribution >= 0.6 is 35.1 Å². The van der Waals surface area contributed by atoms with Crippen molar-refractivity contribution in [1.29, 1.82) is 0 Å². The lowest BCUT2D eigenvalue weighted by Gasteiger charge is -2.06. The molecule has 3 rings (SSSR count). The fourth-order valence-electron chi connectivity index (χ4n) is 1.95. The third-order valence-electron chi connectivity index (χ3n) is 2.93. The van der Waals surface area contributed by atoms with Crippen molar-refractivity contribution in [3.63, 3.8) is 0 Å². The molecular formula is C14H14ClN5OS2. The zero-order chi connectivity index (χ0) is 16.2. The highest BCUT2D eigenvalue weighted by Crippen LogP contribution is 2.37. The molecule has 23 heavy (non-hydrogen) atoms. The summed E-state index contributed by atoms with van der Waals surface area (Å²) in [5.74, 6) is 0.231. The van der Waals surface area contributed by atoms with Crippen molar-refractivity contribution in [1.82, 2.24) is 15.2 Å². The lowest BCUT2D eigenvalue weighted by molar-refractivity contribution is -0.113. The van der Waals surface area contributed by atoms with Gasteiger partial charge in [0.2, 0.25) is 5.91 Å². The van der Waals surface area contributed by atoms with Gasteiger partial charge in [-0.2, -0.15) is 10.2 Å². The molecule has 2 aromatic rings. The van der Waals surface area contributed by atoms with Crippen LogP contribution in [0.1, 0.15) is 11.1 Å². The van der Waals surface area contributed by atoms with E-state index in [4.69, 9.17) is 11.6 Å². The molecule has 1 aliphatic heterocycles. The van der Waals surface area contributed by atoms with E-state index in [0.717, 1.165) is 15.8 Å². The van der Waals surface area contributed by atoms with E-state index in [1.807, 2.05) is 37.4 Å². The van der Waals surface area contributed by atoms with Gasteiger partial charge in [0.15, 0.2) is 4.38 Å². The molecule has 6 nitrogen and oxygen atoms in total. The van der Waals surface area contributed by atoms with Crippen LogP contribution in [-0.2, 0) is 11.8 Å². The second-order valence-electron chi connectivity index (χ2n) is 4.74. The smallest absolute Gasteiger partial charge is 0.234 e. The number of nitrogens with one attached hydrogen (secondary N) is 2. The fourth-order valence-corrected chi connectivity index (χ4v) is 4.18. The summed E-state index contributed by atoms with van der Waals surface area (Å²) in [6, 6.07) is 9.37. The number of benzene rings is 1. The molecule has 0 spiro atoms. The predicted molar refractivity (Wildman–Crippen MR) is 96.7 cm³/mol. The number of aromatic nitrogens is 2. The minimum absolute atomic E-state index is 0.0659. The third-order valence-corrected chi connectivity index (χ3v) is 5.47. The number of rotatable bonds is 4. The van der Waals surface area contributed by atoms with Crippen molar-refractivity contribution in [3.05, 3.63) is 47.2 Å². The Morgan fingerprint density at radius 2 is 2.26 bits per heavy atom. The number of anilines is 1. The van der Waals surface area contributed by atoms with Crippen LogP contribution in [0, 0.1) is 0 Å². The molecule has 0 fully saturated rings. The summed E-state index contributed by atoms with van der Waals surface area (Å²) in [6.45, 7) is 0. The van der Waals surface area contributed by atoms with Gasteiger partial charge in [0.05, 0.1) is 10.8 Å². The van der Waals surface area contributed by atoms with Gasteiger partial charge in [-0.15, -0.1) is 0 Å². The lowest BCUT2D eigenvalue weighted by atomic mass is 10.3. The Morgan fingerprint density at radius 1 is 1.48 bits per heavy atom. The van der Waals surface area contributed by atoms with Crippen LogP contribution in [0.25, 0.3) is 0 Å². The van der Waals surface area contributed by atoms with Gasteiger partial charge in [-0.3, -0.25) is 14.9 Å². The summed E-state index contributed by atoms with van der Waals surface area (Å²) in [7, 11) is 1.82. The third kappa shape index (κ3) is 4.21. The quantitative estimate of drug-likeness (QED) is 0.869. The SMILES string of the molecule is Cn1cc(Cl)c([C@H]2NN=C(SCC(=O)Nc3ccccc3)S2)n1. The Labute approximate surface area is 147 Å². The Hall–Kier alpha value is -1.64. The molecule has 1 amide bonds. The number of carbonyl (C=O) groups is 1. The van der Waals surface area contributed by atoms with Crippen molar-refractivity contribution < 1.29 is 4.79 Å². The average Bonchev–Trinajstić information content (AvgIpc) is 3.12. The minimum atomic E-state index is -0.122. The number of nitrogens with zero attached hydrogens (tertiary/aromatic N) is 3. The minimum Gasteiger partial charge on any atom is -0.325 e. The number of hydrogen-bond donors (Lipinski definition) is 2. The van der Waals surface area contributed by atoms with E-state index in [2.05, 4.69) is 20.9 Å². The van der Waals surface area contributed by atoms with Crippen molar-refractivity contribution in [2.45, 2.75) is 5.37 Å². The summed E-state index contributed by atoms with van der Waals surface area (Å²) >= 11 is 9.02. The van der Waals surface area contributed by atoms with E-state index in [-0.39, 0.29) is 11.3 Å². The number of carbonyl (C=O) groups excluding carboxylic acids is 1. The maximum Gasteiger partial charge on any atom is 0.234 e. The molecule has 120 valence electrons. The van der Waals surface area contributed by atoms with E-state index < -0.39 is 0 Å². The first-order valence-electron chi connectivity index (χ1n) is 6.78. The van der Waals surface area contributed by atoms with Gasteiger partial charge in [0.25, 0.3) is 0 Å². The normalized spacial score (nSPS) is 16.8. The zero-order valence-electron chi connectivity index (χ0n) is 12.2. The van der Waals surface area contributed by atoms with Crippen molar-refractivity contribution in [3.8, 4) is 0 Å². The maximum absolute atomic E-state index is 11.9. The molecule has 1 aromatic carbocycles. The molecule has 2 N–H and O–H groups in total. The maximum atomic E-state index is 11.9. The molecule has 1 atom stereocenters. The number of para-hydroxylation sites is 1. The van der Waals surface area contributed by atoms with Crippen molar-refractivity contribution in [2.75, 3.05) is 11.1 Å². The highest BCUT2D eigenvalue weighted by molar-refractivity contribution is 8.39. The van der Waals surface area contributed by atoms with E-state index in [0.29, 0.717) is 10.8 Å². The van der Waals surface area contributed by atoms with E-state index in [1.54, 1.807) is 10.9 Å². The van der Waals surface area contributed by atoms with Crippen LogP contribution in [0.15, 0.2) is 41.6 Å². The van der Waals surface area contributed by atoms with E-state index >= 15 is 0 Å². The molecule has 0 bridgehead atoms. The Bertz CT molecular complexity index is 734. The van der Waals surface area contributed by atoms with Crippen LogP contribution in [0.5, 0.6) is 0 Å². The molecule has 0 radical (unpaired) electrons. The Kier molecular flexibility index (Phi) is 5.14. The van der Waals surface area contributed by atoms with Crippen molar-refractivity contribution in [2.24, 2.45) is 12.1 Å². The van der Waals surface area contributed by atoms with Crippen LogP contribution < -0.4 is 10.7 Å². The van der Waals surface area contributed by atoms with E-state index in [9.17, 15) is 4.79 Å². The second-order valence-corrected chi connectivity index (χ2v) is 7.47. The number of halogens is 1. The highest BCUT2D eigenvalue weighted by Gasteiger charge is 2.26. The summed E-state index contributed by atoms with van der Waals surface area (Å²) in [5, 5.41) is 11.9. The molecule has 0 saturated heterocycles. The van der Waals surface area contributed by atoms with Crippen LogP contribution in [0.4, 0.5) is 5.69 Å². The molecule has 1 aliphatic rings. The fraction of sp³-hybridized carbons (Fsp3) is 0.214. The molecule has 9 heteroatoms. The van der Waals surface area contributed by atoms with Gasteiger partial charge in [0.1, 0.15) is 11.1 Å². The van der Waals surface area contributed by atoms with Crippen LogP contribution in [0.2, 0.25) is 5.02 Å². The first kappa shape index (κ1) is 16.2. The lowest BCUT2D eigenvalue weighted by Crippen LogP contribution is -2.14. The number of amides is 1. The first-order valence-corrected chi connectivity index (χ1v) is 9.03. The standard InChI is InChI=1S/C14H14ClN5OS2/c1-20-7-10(15)12(19-20)13-17-18-14(23-13)22-8-11(21)16-9-5-3-2-4-6-9/h2-7,13,17H,8H2,1H3,(H,16,21)/t13-/m0/s1. The Balaban J connectivity index is 1.48. The van der Waals surface area contributed by atoms with Crippen LogP contribution in [0.3, 0.4) is 0 Å². The van der Waals surface area contributed by atoms with E-state index in [1.165, 1.54) is 23.5 Å². The van der Waals surface area contributed by atoms with Gasteiger partial charge in [-0.05, 0) is 12.1 Å². The summed E-state index contributed by atoms with van der Waals surface area (Å²) in [4.78, 5) is 11.9. The molecule has 0 saturated carbocycles. The van der Waals surface area contributed by atoms with Crippen LogP contribution in [-0.4, -0.2) is 25.8 Å². The predicted octanol–water partition coefficient (Wildman–Crippen LogP) is 3.05. The topological polar surface area (TPSA) is 71.3 Å². The first-order chi connectivity index (χ1) is 11.1. The van der Waals surface area contributed by atoms with Gasteiger partial charge in [-0.1, -0.05) is 53.3 Å². The zero-order valence-corrected chi connectivity index (χ0v) is 14.6. The van der Waals surface area contributed by atoms with Gasteiger partial charge >= 0.3 is 0 Å². The number of aryl methyl sites for hydroxylation is 1. The van der Waals surface area contributed by atoms with Gasteiger partial charge in [0, 0.05) is 18.9 Å². The van der Waals surface area contributed by atoms with Gasteiger partial charge in [-0.25, -0.2) is 0 Å². The van der Waals surface area contributed by atoms with Crippen molar-refractivity contribution >= 4 is 51.1 Å². The molecule has 0 unspecified atom stereocenters. The number of thioether (sulfide) groups is 2. The number of hydrogen-bond acceptors (Lipinski definition) is 6. The molecule has 1 aromatic heterocycles. The monoisotopic (exact) mass is 367 g/mol. The molecule has 0 aliphatic carbocycles. The summed E-state index contributed by atoms with van der Waals surface area (Å²) in [5.41, 5.74) is 4.52. The molecular weight excluding hydrogens is 354 g/mol. The number of hydrazone groups is 1. The highest BCUT2D eigenvalue weighted by atomic mass is 35.5. The Morgan fingerprint density at radius 3 is 2.96 bits per heavy atom. The largest absolute Gasteiger partial charge is 0.325 e.